The second kappa shape index (κ2) is 46.6. The largest absolute Gasteiger partial charge is 0.462 e. The third kappa shape index (κ3) is 44.8. The van der Waals surface area contributed by atoms with E-state index < -0.39 is 6.10 Å². The molecule has 0 saturated heterocycles. The second-order valence-corrected chi connectivity index (χ2v) is 16.7. The van der Waals surface area contributed by atoms with Crippen LogP contribution >= 0.6 is 0 Å². The molecule has 0 heterocycles. The van der Waals surface area contributed by atoms with Gasteiger partial charge in [0, 0.05) is 19.3 Å². The molecular weight excluding hydrogens is 709 g/mol. The van der Waals surface area contributed by atoms with Crippen LogP contribution < -0.4 is 0 Å². The number of carbonyl (C=O) groups is 3. The quantitative estimate of drug-likeness (QED) is 0.0264. The molecule has 0 radical (unpaired) electrons. The Labute approximate surface area is 353 Å². The molecule has 0 aromatic heterocycles. The molecular formula is C51H94O6. The summed E-state index contributed by atoms with van der Waals surface area (Å²) < 4.78 is 16.8. The summed E-state index contributed by atoms with van der Waals surface area (Å²) in [6.07, 6.45) is 51.5. The maximum atomic E-state index is 12.7. The zero-order valence-electron chi connectivity index (χ0n) is 38.1. The van der Waals surface area contributed by atoms with Gasteiger partial charge in [-0.05, 0) is 70.6 Å². The minimum Gasteiger partial charge on any atom is -0.462 e. The van der Waals surface area contributed by atoms with Crippen molar-refractivity contribution in [3.63, 3.8) is 0 Å². The molecule has 0 amide bonds. The SMILES string of the molecule is CCCCCC/C=C\CCCCCCCC(=O)OCC(COC(=O)CCCCCCCCCCCCCCC)OC(=O)CCCCCCC/C=C\CCCCCC. The molecule has 0 fully saturated rings. The Bertz CT molecular complexity index is 927. The van der Waals surface area contributed by atoms with Crippen LogP contribution in [0.25, 0.3) is 0 Å². The van der Waals surface area contributed by atoms with Crippen LogP contribution in [0.3, 0.4) is 0 Å². The van der Waals surface area contributed by atoms with Gasteiger partial charge in [0.1, 0.15) is 13.2 Å². The van der Waals surface area contributed by atoms with Crippen molar-refractivity contribution < 1.29 is 28.6 Å². The van der Waals surface area contributed by atoms with Gasteiger partial charge in [0.25, 0.3) is 0 Å². The van der Waals surface area contributed by atoms with Crippen LogP contribution in [0.1, 0.15) is 265 Å². The lowest BCUT2D eigenvalue weighted by molar-refractivity contribution is -0.167. The maximum Gasteiger partial charge on any atom is 0.306 e. The highest BCUT2D eigenvalue weighted by Crippen LogP contribution is 2.15. The fraction of sp³-hybridized carbons (Fsp3) is 0.863. The van der Waals surface area contributed by atoms with Crippen molar-refractivity contribution in [1.29, 1.82) is 0 Å². The summed E-state index contributed by atoms with van der Waals surface area (Å²) in [6.45, 7) is 6.61. The minimum atomic E-state index is -0.773. The molecule has 57 heavy (non-hydrogen) atoms. The molecule has 0 aromatic carbocycles. The summed E-state index contributed by atoms with van der Waals surface area (Å²) in [5, 5.41) is 0. The molecule has 334 valence electrons. The second-order valence-electron chi connectivity index (χ2n) is 16.7. The van der Waals surface area contributed by atoms with E-state index in [-0.39, 0.29) is 31.1 Å². The Balaban J connectivity index is 4.37. The zero-order chi connectivity index (χ0) is 41.5. The standard InChI is InChI=1S/C51H94O6/c1-4-7-10-13-16-19-22-25-28-31-34-37-40-43-49(52)55-46-48(57-51(54)45-42-39-36-33-30-27-24-21-18-15-12-9-6-3)47-56-50(53)44-41-38-35-32-29-26-23-20-17-14-11-8-5-2/h19,21-22,24,48H,4-18,20,23,25-47H2,1-3H3/b22-19-,24-21-. The van der Waals surface area contributed by atoms with Crippen LogP contribution in [0.5, 0.6) is 0 Å². The van der Waals surface area contributed by atoms with Crippen molar-refractivity contribution in [3.8, 4) is 0 Å². The lowest BCUT2D eigenvalue weighted by Gasteiger charge is -2.18. The van der Waals surface area contributed by atoms with E-state index in [1.165, 1.54) is 154 Å². The van der Waals surface area contributed by atoms with Crippen LogP contribution in [-0.4, -0.2) is 37.2 Å². The Morgan fingerprint density at radius 1 is 0.333 bits per heavy atom. The van der Waals surface area contributed by atoms with E-state index in [4.69, 9.17) is 14.2 Å². The number of ether oxygens (including phenoxy) is 3. The molecule has 1 atom stereocenters. The molecule has 0 rings (SSSR count). The zero-order valence-corrected chi connectivity index (χ0v) is 38.1. The van der Waals surface area contributed by atoms with E-state index >= 15 is 0 Å². The predicted molar refractivity (Wildman–Crippen MR) is 243 cm³/mol. The summed E-state index contributed by atoms with van der Waals surface area (Å²) in [5.74, 6) is -0.883. The van der Waals surface area contributed by atoms with Gasteiger partial charge in [0.2, 0.25) is 0 Å². The molecule has 0 aliphatic heterocycles. The van der Waals surface area contributed by atoms with Crippen molar-refractivity contribution >= 4 is 17.9 Å². The number of rotatable bonds is 45. The molecule has 0 aromatic rings. The van der Waals surface area contributed by atoms with E-state index in [1.54, 1.807) is 0 Å². The van der Waals surface area contributed by atoms with Gasteiger partial charge in [-0.1, -0.05) is 199 Å². The van der Waals surface area contributed by atoms with Gasteiger partial charge in [0.15, 0.2) is 6.10 Å². The van der Waals surface area contributed by atoms with Crippen molar-refractivity contribution in [1.82, 2.24) is 0 Å². The van der Waals surface area contributed by atoms with E-state index in [0.29, 0.717) is 19.3 Å². The first-order valence-corrected chi connectivity index (χ1v) is 24.8. The Hall–Kier alpha value is -2.11. The number of hydrogen-bond donors (Lipinski definition) is 0. The van der Waals surface area contributed by atoms with E-state index in [9.17, 15) is 14.4 Å². The Morgan fingerprint density at radius 2 is 0.579 bits per heavy atom. The van der Waals surface area contributed by atoms with E-state index in [0.717, 1.165) is 70.6 Å². The average Bonchev–Trinajstić information content (AvgIpc) is 3.21. The Kier molecular flexibility index (Phi) is 44.9. The normalized spacial score (nSPS) is 12.1. The molecule has 1 unspecified atom stereocenters. The first-order valence-electron chi connectivity index (χ1n) is 24.8. The van der Waals surface area contributed by atoms with E-state index in [1.807, 2.05) is 0 Å². The molecule has 0 N–H and O–H groups in total. The van der Waals surface area contributed by atoms with E-state index in [2.05, 4.69) is 45.1 Å². The topological polar surface area (TPSA) is 78.9 Å². The minimum absolute atomic E-state index is 0.0738. The van der Waals surface area contributed by atoms with Crippen LogP contribution in [0.15, 0.2) is 24.3 Å². The number of carbonyl (C=O) groups excluding carboxylic acids is 3. The average molecular weight is 803 g/mol. The predicted octanol–water partition coefficient (Wildman–Crippen LogP) is 16.0. The van der Waals surface area contributed by atoms with Gasteiger partial charge < -0.3 is 14.2 Å². The van der Waals surface area contributed by atoms with Crippen LogP contribution in [0, 0.1) is 0 Å². The summed E-state index contributed by atoms with van der Waals surface area (Å²) >= 11 is 0. The first-order chi connectivity index (χ1) is 28.0. The number of allylic oxidation sites excluding steroid dienone is 4. The fourth-order valence-corrected chi connectivity index (χ4v) is 7.14. The molecule has 6 nitrogen and oxygen atoms in total. The van der Waals surface area contributed by atoms with Crippen molar-refractivity contribution in [2.75, 3.05) is 13.2 Å². The van der Waals surface area contributed by atoms with Gasteiger partial charge >= 0.3 is 17.9 Å². The van der Waals surface area contributed by atoms with Gasteiger partial charge in [-0.25, -0.2) is 0 Å². The molecule has 0 spiro atoms. The van der Waals surface area contributed by atoms with Crippen molar-refractivity contribution in [2.24, 2.45) is 0 Å². The lowest BCUT2D eigenvalue weighted by atomic mass is 10.0. The number of hydrogen-bond acceptors (Lipinski definition) is 6. The highest BCUT2D eigenvalue weighted by Gasteiger charge is 2.19. The third-order valence-electron chi connectivity index (χ3n) is 10.9. The highest BCUT2D eigenvalue weighted by molar-refractivity contribution is 5.71. The summed E-state index contributed by atoms with van der Waals surface area (Å²) in [6, 6.07) is 0. The van der Waals surface area contributed by atoms with Crippen LogP contribution in [0.2, 0.25) is 0 Å². The van der Waals surface area contributed by atoms with Gasteiger partial charge in [0.05, 0.1) is 0 Å². The number of esters is 3. The number of unbranched alkanes of at least 4 members (excludes halogenated alkanes) is 30. The summed E-state index contributed by atoms with van der Waals surface area (Å²) in [4.78, 5) is 37.8. The molecule has 0 bridgehead atoms. The van der Waals surface area contributed by atoms with Gasteiger partial charge in [-0.3, -0.25) is 14.4 Å². The lowest BCUT2D eigenvalue weighted by Crippen LogP contribution is -2.30. The molecule has 6 heteroatoms. The highest BCUT2D eigenvalue weighted by atomic mass is 16.6. The fourth-order valence-electron chi connectivity index (χ4n) is 7.14. The first kappa shape index (κ1) is 54.9. The van der Waals surface area contributed by atoms with Gasteiger partial charge in [-0.15, -0.1) is 0 Å². The van der Waals surface area contributed by atoms with Crippen LogP contribution in [0.4, 0.5) is 0 Å². The van der Waals surface area contributed by atoms with Crippen LogP contribution in [-0.2, 0) is 28.6 Å². The van der Waals surface area contributed by atoms with Crippen molar-refractivity contribution in [3.05, 3.63) is 24.3 Å². The van der Waals surface area contributed by atoms with Gasteiger partial charge in [-0.2, -0.15) is 0 Å². The monoisotopic (exact) mass is 803 g/mol. The summed E-state index contributed by atoms with van der Waals surface area (Å²) in [7, 11) is 0. The smallest absolute Gasteiger partial charge is 0.306 e. The third-order valence-corrected chi connectivity index (χ3v) is 10.9. The summed E-state index contributed by atoms with van der Waals surface area (Å²) in [5.41, 5.74) is 0. The molecule has 0 aliphatic rings. The maximum absolute atomic E-state index is 12.7. The molecule has 0 saturated carbocycles. The van der Waals surface area contributed by atoms with Crippen molar-refractivity contribution in [2.45, 2.75) is 271 Å². The Morgan fingerprint density at radius 3 is 0.895 bits per heavy atom. The molecule has 0 aliphatic carbocycles.